The summed E-state index contributed by atoms with van der Waals surface area (Å²) >= 11 is 0. The van der Waals surface area contributed by atoms with Crippen LogP contribution in [-0.4, -0.2) is 33.4 Å². The summed E-state index contributed by atoms with van der Waals surface area (Å²) in [5, 5.41) is 31.0. The predicted octanol–water partition coefficient (Wildman–Crippen LogP) is 1.56. The molecule has 0 bridgehead atoms. The summed E-state index contributed by atoms with van der Waals surface area (Å²) in [5.74, 6) is -2.31. The molecule has 2 aromatic rings. The smallest absolute Gasteiger partial charge is 0.335 e. The highest BCUT2D eigenvalue weighted by atomic mass is 16.4. The number of carbonyl (C=O) groups is 2. The Morgan fingerprint density at radius 2 is 1.59 bits per heavy atom. The molecule has 4 N–H and O–H groups in total. The molecule has 2 rings (SSSR count). The number of hydrazone groups is 1. The molecule has 7 heteroatoms. The van der Waals surface area contributed by atoms with Gasteiger partial charge in [-0.25, -0.2) is 10.2 Å². The van der Waals surface area contributed by atoms with Gasteiger partial charge in [0.05, 0.1) is 11.8 Å². The van der Waals surface area contributed by atoms with E-state index in [4.69, 9.17) is 10.2 Å². The first-order valence-corrected chi connectivity index (χ1v) is 6.16. The molecule has 2 aromatic carbocycles. The van der Waals surface area contributed by atoms with E-state index in [0.29, 0.717) is 5.56 Å². The average Bonchev–Trinajstić information content (AvgIpc) is 2.50. The third-order valence-corrected chi connectivity index (χ3v) is 2.77. The van der Waals surface area contributed by atoms with Crippen LogP contribution in [0.3, 0.4) is 0 Å². The zero-order valence-corrected chi connectivity index (χ0v) is 11.2. The number of carboxylic acids is 1. The number of carboxylic acid groups (broad SMARTS) is 1. The van der Waals surface area contributed by atoms with Crippen LogP contribution in [0.25, 0.3) is 0 Å². The van der Waals surface area contributed by atoms with Crippen LogP contribution in [0.2, 0.25) is 0 Å². The molecule has 112 valence electrons. The van der Waals surface area contributed by atoms with Crippen molar-refractivity contribution in [3.63, 3.8) is 0 Å². The summed E-state index contributed by atoms with van der Waals surface area (Å²) in [7, 11) is 0. The predicted molar refractivity (Wildman–Crippen MR) is 78.2 cm³/mol. The van der Waals surface area contributed by atoms with Crippen molar-refractivity contribution in [1.29, 1.82) is 0 Å². The molecule has 0 radical (unpaired) electrons. The summed E-state index contributed by atoms with van der Waals surface area (Å²) in [6, 6.07) is 9.58. The second kappa shape index (κ2) is 6.40. The number of hydrogen-bond acceptors (Lipinski definition) is 5. The van der Waals surface area contributed by atoms with E-state index in [2.05, 4.69) is 10.5 Å². The van der Waals surface area contributed by atoms with Crippen LogP contribution in [0.5, 0.6) is 11.5 Å². The first kappa shape index (κ1) is 15.0. The number of amides is 1. The van der Waals surface area contributed by atoms with Gasteiger partial charge in [0.1, 0.15) is 0 Å². The van der Waals surface area contributed by atoms with Crippen molar-refractivity contribution in [2.75, 3.05) is 0 Å². The van der Waals surface area contributed by atoms with E-state index in [1.807, 2.05) is 0 Å². The Labute approximate surface area is 125 Å². The summed E-state index contributed by atoms with van der Waals surface area (Å²) in [6.07, 6.45) is 1.35. The Kier molecular flexibility index (Phi) is 4.38. The minimum atomic E-state index is -1.02. The number of phenols is 2. The zero-order valence-electron chi connectivity index (χ0n) is 11.2. The van der Waals surface area contributed by atoms with Crippen LogP contribution >= 0.6 is 0 Å². The number of nitrogens with zero attached hydrogens (tertiary/aromatic N) is 1. The van der Waals surface area contributed by atoms with Crippen molar-refractivity contribution < 1.29 is 24.9 Å². The number of rotatable bonds is 4. The molecular formula is C15H12N2O5. The van der Waals surface area contributed by atoms with E-state index < -0.39 is 17.6 Å². The number of phenolic OH excluding ortho intramolecular Hbond substituents is 2. The van der Waals surface area contributed by atoms with Gasteiger partial charge in [0, 0.05) is 5.56 Å². The fourth-order valence-corrected chi connectivity index (χ4v) is 1.61. The second-order valence-corrected chi connectivity index (χ2v) is 4.33. The van der Waals surface area contributed by atoms with E-state index in [1.54, 1.807) is 12.1 Å². The number of aromatic hydroxyl groups is 2. The molecular weight excluding hydrogens is 288 g/mol. The van der Waals surface area contributed by atoms with E-state index in [9.17, 15) is 14.7 Å². The Morgan fingerprint density at radius 1 is 0.955 bits per heavy atom. The normalized spacial score (nSPS) is 10.5. The molecule has 0 aliphatic rings. The summed E-state index contributed by atoms with van der Waals surface area (Å²) < 4.78 is 0. The molecule has 0 aromatic heterocycles. The van der Waals surface area contributed by atoms with Gasteiger partial charge in [0.2, 0.25) is 0 Å². The van der Waals surface area contributed by atoms with Crippen LogP contribution < -0.4 is 5.43 Å². The van der Waals surface area contributed by atoms with Crippen LogP contribution in [0, 0.1) is 0 Å². The molecule has 0 unspecified atom stereocenters. The van der Waals surface area contributed by atoms with Gasteiger partial charge in [-0.15, -0.1) is 0 Å². The first-order valence-electron chi connectivity index (χ1n) is 6.16. The van der Waals surface area contributed by atoms with E-state index in [1.165, 1.54) is 30.5 Å². The highest BCUT2D eigenvalue weighted by molar-refractivity contribution is 5.95. The van der Waals surface area contributed by atoms with Crippen molar-refractivity contribution in [2.45, 2.75) is 0 Å². The number of benzene rings is 2. The van der Waals surface area contributed by atoms with Crippen molar-refractivity contribution in [3.8, 4) is 11.5 Å². The fourth-order valence-electron chi connectivity index (χ4n) is 1.61. The molecule has 7 nitrogen and oxygen atoms in total. The number of aromatic carboxylic acids is 1. The molecule has 0 saturated heterocycles. The van der Waals surface area contributed by atoms with Gasteiger partial charge < -0.3 is 15.3 Å². The SMILES string of the molecule is O=C(O)c1ccc(C=NNC(=O)c2ccc(O)c(O)c2)cc1. The lowest BCUT2D eigenvalue weighted by molar-refractivity contribution is 0.0696. The Hall–Kier alpha value is -3.35. The third-order valence-electron chi connectivity index (χ3n) is 2.77. The Balaban J connectivity index is 2.00. The van der Waals surface area contributed by atoms with Gasteiger partial charge in [0.25, 0.3) is 5.91 Å². The molecule has 0 aliphatic heterocycles. The quantitative estimate of drug-likeness (QED) is 0.388. The molecule has 0 fully saturated rings. The molecule has 0 saturated carbocycles. The average molecular weight is 300 g/mol. The zero-order chi connectivity index (χ0) is 16.1. The molecule has 0 atom stereocenters. The molecule has 1 amide bonds. The van der Waals surface area contributed by atoms with Gasteiger partial charge in [-0.1, -0.05) is 12.1 Å². The first-order chi connectivity index (χ1) is 10.5. The molecule has 0 heterocycles. The van der Waals surface area contributed by atoms with Gasteiger partial charge >= 0.3 is 5.97 Å². The molecule has 0 spiro atoms. The summed E-state index contributed by atoms with van der Waals surface area (Å²) in [6.45, 7) is 0. The van der Waals surface area contributed by atoms with Crippen molar-refractivity contribution in [1.82, 2.24) is 5.43 Å². The number of nitrogens with one attached hydrogen (secondary N) is 1. The van der Waals surface area contributed by atoms with Crippen molar-refractivity contribution in [3.05, 3.63) is 59.2 Å². The van der Waals surface area contributed by atoms with E-state index >= 15 is 0 Å². The fraction of sp³-hybridized carbons (Fsp3) is 0. The topological polar surface area (TPSA) is 119 Å². The lowest BCUT2D eigenvalue weighted by Crippen LogP contribution is -2.17. The van der Waals surface area contributed by atoms with Crippen LogP contribution in [0.4, 0.5) is 0 Å². The van der Waals surface area contributed by atoms with Gasteiger partial charge in [-0.05, 0) is 35.9 Å². The van der Waals surface area contributed by atoms with E-state index in [0.717, 1.165) is 6.07 Å². The number of hydrogen-bond donors (Lipinski definition) is 4. The minimum absolute atomic E-state index is 0.133. The third kappa shape index (κ3) is 3.60. The van der Waals surface area contributed by atoms with Gasteiger partial charge in [-0.2, -0.15) is 5.10 Å². The molecule has 22 heavy (non-hydrogen) atoms. The Bertz CT molecular complexity index is 738. The van der Waals surface area contributed by atoms with Crippen LogP contribution in [-0.2, 0) is 0 Å². The summed E-state index contributed by atoms with van der Waals surface area (Å²) in [4.78, 5) is 22.4. The lowest BCUT2D eigenvalue weighted by Gasteiger charge is -2.02. The van der Waals surface area contributed by atoms with Crippen LogP contribution in [0.15, 0.2) is 47.6 Å². The van der Waals surface area contributed by atoms with Crippen molar-refractivity contribution in [2.24, 2.45) is 5.10 Å². The van der Waals surface area contributed by atoms with E-state index in [-0.39, 0.29) is 16.9 Å². The highest BCUT2D eigenvalue weighted by Crippen LogP contribution is 2.24. The maximum atomic E-state index is 11.7. The van der Waals surface area contributed by atoms with Gasteiger partial charge in [0.15, 0.2) is 11.5 Å². The van der Waals surface area contributed by atoms with Crippen LogP contribution in [0.1, 0.15) is 26.3 Å². The lowest BCUT2D eigenvalue weighted by atomic mass is 10.1. The maximum absolute atomic E-state index is 11.7. The number of carbonyl (C=O) groups excluding carboxylic acids is 1. The summed E-state index contributed by atoms with van der Waals surface area (Å²) in [5.41, 5.74) is 3.15. The standard InChI is InChI=1S/C15H12N2O5/c18-12-6-5-11(7-13(12)19)14(20)17-16-8-9-1-3-10(4-2-9)15(21)22/h1-8,18-19H,(H,17,20)(H,21,22). The maximum Gasteiger partial charge on any atom is 0.335 e. The largest absolute Gasteiger partial charge is 0.504 e. The minimum Gasteiger partial charge on any atom is -0.504 e. The monoisotopic (exact) mass is 300 g/mol. The molecule has 0 aliphatic carbocycles. The van der Waals surface area contributed by atoms with Gasteiger partial charge in [-0.3, -0.25) is 4.79 Å². The Morgan fingerprint density at radius 3 is 2.18 bits per heavy atom. The van der Waals surface area contributed by atoms with Crippen molar-refractivity contribution >= 4 is 18.1 Å². The second-order valence-electron chi connectivity index (χ2n) is 4.33. The highest BCUT2D eigenvalue weighted by Gasteiger charge is 2.07.